The van der Waals surface area contributed by atoms with E-state index in [0.717, 1.165) is 38.9 Å². The molecular weight excluding hydrogens is 258 g/mol. The van der Waals surface area contributed by atoms with Crippen LogP contribution in [-0.2, 0) is 9.53 Å². The van der Waals surface area contributed by atoms with Crippen molar-refractivity contribution in [2.24, 2.45) is 0 Å². The largest absolute Gasteiger partial charge is 0.381 e. The molecule has 0 aromatic rings. The molecule has 2 heterocycles. The summed E-state index contributed by atoms with van der Waals surface area (Å²) in [5.74, 6) is 0.201. The van der Waals surface area contributed by atoms with Gasteiger partial charge in [-0.05, 0) is 26.2 Å². The van der Waals surface area contributed by atoms with E-state index in [2.05, 4.69) is 5.32 Å². The standard InChI is InChI=1S/C14H25N3O3/c1-11(10-17-7-3-4-13(17)18)15-14(19)16-8-5-12(20-2)6-9-16/h11-12H,3-10H2,1-2H3,(H,15,19). The molecule has 6 heteroatoms. The van der Waals surface area contributed by atoms with Crippen molar-refractivity contribution in [2.45, 2.75) is 44.8 Å². The van der Waals surface area contributed by atoms with E-state index in [4.69, 9.17) is 4.74 Å². The lowest BCUT2D eigenvalue weighted by Crippen LogP contribution is -2.50. The fraction of sp³-hybridized carbons (Fsp3) is 0.857. The molecule has 0 aliphatic carbocycles. The number of amides is 3. The van der Waals surface area contributed by atoms with E-state index in [1.165, 1.54) is 0 Å². The van der Waals surface area contributed by atoms with Gasteiger partial charge in [0.05, 0.1) is 6.10 Å². The number of methoxy groups -OCH3 is 1. The summed E-state index contributed by atoms with van der Waals surface area (Å²) in [6.07, 6.45) is 3.64. The fourth-order valence-electron chi connectivity index (χ4n) is 2.87. The van der Waals surface area contributed by atoms with Crippen molar-refractivity contribution in [3.8, 4) is 0 Å². The number of rotatable bonds is 4. The van der Waals surface area contributed by atoms with Gasteiger partial charge in [-0.25, -0.2) is 4.79 Å². The van der Waals surface area contributed by atoms with Crippen molar-refractivity contribution in [1.82, 2.24) is 15.1 Å². The monoisotopic (exact) mass is 283 g/mol. The Morgan fingerprint density at radius 1 is 1.40 bits per heavy atom. The van der Waals surface area contributed by atoms with E-state index in [0.29, 0.717) is 13.0 Å². The third kappa shape index (κ3) is 3.85. The predicted molar refractivity (Wildman–Crippen MR) is 75.4 cm³/mol. The molecule has 2 rings (SSSR count). The summed E-state index contributed by atoms with van der Waals surface area (Å²) in [7, 11) is 1.72. The first kappa shape index (κ1) is 15.1. The van der Waals surface area contributed by atoms with Crippen LogP contribution in [0.1, 0.15) is 32.6 Å². The average Bonchev–Trinajstić information content (AvgIpc) is 2.84. The van der Waals surface area contributed by atoms with Crippen molar-refractivity contribution in [3.63, 3.8) is 0 Å². The Balaban J connectivity index is 1.72. The second kappa shape index (κ2) is 6.92. The highest BCUT2D eigenvalue weighted by Gasteiger charge is 2.25. The Bertz CT molecular complexity index is 354. The number of likely N-dealkylation sites (tertiary alicyclic amines) is 2. The molecule has 0 radical (unpaired) electrons. The van der Waals surface area contributed by atoms with Gasteiger partial charge in [-0.1, -0.05) is 0 Å². The molecule has 1 N–H and O–H groups in total. The third-order valence-electron chi connectivity index (χ3n) is 4.10. The van der Waals surface area contributed by atoms with Crippen LogP contribution in [-0.4, -0.2) is 67.2 Å². The molecule has 2 aliphatic rings. The lowest BCUT2D eigenvalue weighted by atomic mass is 10.1. The molecule has 0 saturated carbocycles. The second-order valence-corrected chi connectivity index (χ2v) is 5.72. The molecule has 114 valence electrons. The maximum absolute atomic E-state index is 12.1. The molecule has 2 saturated heterocycles. The fourth-order valence-corrected chi connectivity index (χ4v) is 2.87. The van der Waals surface area contributed by atoms with Crippen molar-refractivity contribution in [3.05, 3.63) is 0 Å². The molecule has 3 amide bonds. The Morgan fingerprint density at radius 2 is 2.10 bits per heavy atom. The minimum atomic E-state index is -0.0290. The van der Waals surface area contributed by atoms with Crippen LogP contribution >= 0.6 is 0 Å². The van der Waals surface area contributed by atoms with Gasteiger partial charge in [0.25, 0.3) is 0 Å². The van der Waals surface area contributed by atoms with E-state index < -0.39 is 0 Å². The summed E-state index contributed by atoms with van der Waals surface area (Å²) in [6.45, 7) is 4.85. The first-order chi connectivity index (χ1) is 9.60. The molecule has 0 bridgehead atoms. The number of hydrogen-bond acceptors (Lipinski definition) is 3. The van der Waals surface area contributed by atoms with Gasteiger partial charge in [-0.3, -0.25) is 4.79 Å². The summed E-state index contributed by atoms with van der Waals surface area (Å²) in [5.41, 5.74) is 0. The van der Waals surface area contributed by atoms with E-state index in [1.54, 1.807) is 7.11 Å². The van der Waals surface area contributed by atoms with Crippen LogP contribution in [0.2, 0.25) is 0 Å². The summed E-state index contributed by atoms with van der Waals surface area (Å²) in [6, 6.07) is -0.0385. The lowest BCUT2D eigenvalue weighted by Gasteiger charge is -2.32. The summed E-state index contributed by atoms with van der Waals surface area (Å²) in [4.78, 5) is 27.4. The number of urea groups is 1. The zero-order valence-electron chi connectivity index (χ0n) is 12.4. The van der Waals surface area contributed by atoms with E-state index in [-0.39, 0.29) is 24.1 Å². The summed E-state index contributed by atoms with van der Waals surface area (Å²) in [5, 5.41) is 2.98. The quantitative estimate of drug-likeness (QED) is 0.831. The second-order valence-electron chi connectivity index (χ2n) is 5.72. The van der Waals surface area contributed by atoms with Gasteiger partial charge in [0.2, 0.25) is 5.91 Å². The number of piperidine rings is 1. The Labute approximate surface area is 120 Å². The number of carbonyl (C=O) groups is 2. The lowest BCUT2D eigenvalue weighted by molar-refractivity contribution is -0.127. The van der Waals surface area contributed by atoms with Crippen molar-refractivity contribution < 1.29 is 14.3 Å². The van der Waals surface area contributed by atoms with Crippen LogP contribution in [0.4, 0.5) is 4.79 Å². The van der Waals surface area contributed by atoms with E-state index >= 15 is 0 Å². The molecule has 0 spiro atoms. The normalized spacial score (nSPS) is 22.2. The molecule has 1 unspecified atom stereocenters. The van der Waals surface area contributed by atoms with Crippen molar-refractivity contribution in [2.75, 3.05) is 33.3 Å². The number of nitrogens with zero attached hydrogens (tertiary/aromatic N) is 2. The average molecular weight is 283 g/mol. The maximum Gasteiger partial charge on any atom is 0.317 e. The smallest absolute Gasteiger partial charge is 0.317 e. The Morgan fingerprint density at radius 3 is 2.65 bits per heavy atom. The molecule has 0 aromatic heterocycles. The van der Waals surface area contributed by atoms with Gasteiger partial charge >= 0.3 is 6.03 Å². The topological polar surface area (TPSA) is 61.9 Å². The van der Waals surface area contributed by atoms with E-state index in [9.17, 15) is 9.59 Å². The van der Waals surface area contributed by atoms with Gasteiger partial charge < -0.3 is 19.9 Å². The van der Waals surface area contributed by atoms with Crippen LogP contribution < -0.4 is 5.32 Å². The number of carbonyl (C=O) groups excluding carboxylic acids is 2. The predicted octanol–water partition coefficient (Wildman–Crippen LogP) is 0.818. The highest BCUT2D eigenvalue weighted by molar-refractivity contribution is 5.78. The minimum absolute atomic E-state index is 0.00954. The van der Waals surface area contributed by atoms with Gasteiger partial charge in [-0.15, -0.1) is 0 Å². The van der Waals surface area contributed by atoms with Crippen LogP contribution in [0.5, 0.6) is 0 Å². The first-order valence-electron chi connectivity index (χ1n) is 7.46. The highest BCUT2D eigenvalue weighted by Crippen LogP contribution is 2.13. The zero-order valence-corrected chi connectivity index (χ0v) is 12.4. The maximum atomic E-state index is 12.1. The third-order valence-corrected chi connectivity index (χ3v) is 4.10. The number of nitrogens with one attached hydrogen (secondary N) is 1. The van der Waals surface area contributed by atoms with E-state index in [1.807, 2.05) is 16.7 Å². The Kier molecular flexibility index (Phi) is 5.23. The van der Waals surface area contributed by atoms with Gasteiger partial charge in [0, 0.05) is 45.8 Å². The highest BCUT2D eigenvalue weighted by atomic mass is 16.5. The number of hydrogen-bond donors (Lipinski definition) is 1. The van der Waals surface area contributed by atoms with Crippen LogP contribution in [0.15, 0.2) is 0 Å². The SMILES string of the molecule is COC1CCN(C(=O)NC(C)CN2CCCC2=O)CC1. The Hall–Kier alpha value is -1.30. The minimum Gasteiger partial charge on any atom is -0.381 e. The molecule has 0 aromatic carbocycles. The van der Waals surface area contributed by atoms with Crippen molar-refractivity contribution in [1.29, 1.82) is 0 Å². The van der Waals surface area contributed by atoms with Gasteiger partial charge in [-0.2, -0.15) is 0 Å². The van der Waals surface area contributed by atoms with Crippen LogP contribution in [0, 0.1) is 0 Å². The molecule has 20 heavy (non-hydrogen) atoms. The molecule has 2 aliphatic heterocycles. The van der Waals surface area contributed by atoms with Crippen LogP contribution in [0.25, 0.3) is 0 Å². The van der Waals surface area contributed by atoms with Gasteiger partial charge in [0.15, 0.2) is 0 Å². The first-order valence-corrected chi connectivity index (χ1v) is 7.46. The van der Waals surface area contributed by atoms with Gasteiger partial charge in [0.1, 0.15) is 0 Å². The zero-order chi connectivity index (χ0) is 14.5. The molecule has 1 atom stereocenters. The molecular formula is C14H25N3O3. The molecule has 2 fully saturated rings. The van der Waals surface area contributed by atoms with Crippen molar-refractivity contribution >= 4 is 11.9 Å². The number of ether oxygens (including phenoxy) is 1. The van der Waals surface area contributed by atoms with Crippen LogP contribution in [0.3, 0.4) is 0 Å². The summed E-state index contributed by atoms with van der Waals surface area (Å²) < 4.78 is 5.30. The summed E-state index contributed by atoms with van der Waals surface area (Å²) >= 11 is 0. The molecule has 6 nitrogen and oxygen atoms in total.